The fourth-order valence-electron chi connectivity index (χ4n) is 1.13. The maximum atomic E-state index is 9.17. The maximum absolute atomic E-state index is 9.17. The second kappa shape index (κ2) is 9.25. The summed E-state index contributed by atoms with van der Waals surface area (Å²) in [6.45, 7) is 4.01. The molecule has 84 valence electrons. The van der Waals surface area contributed by atoms with Crippen LogP contribution in [0.3, 0.4) is 0 Å². The van der Waals surface area contributed by atoms with Gasteiger partial charge in [0.15, 0.2) is 0 Å². The van der Waals surface area contributed by atoms with E-state index in [1.165, 1.54) is 24.1 Å². The van der Waals surface area contributed by atoms with Gasteiger partial charge >= 0.3 is 0 Å². The first-order chi connectivity index (χ1) is 7.28. The molecule has 0 heterocycles. The highest BCUT2D eigenvalue weighted by atomic mass is 16.1. The minimum Gasteiger partial charge on any atom is -0.388 e. The number of benzene rings is 1. The molecule has 0 radical (unpaired) electrons. The lowest BCUT2D eigenvalue weighted by molar-refractivity contribution is -0.107. The summed E-state index contributed by atoms with van der Waals surface area (Å²) in [7, 11) is 1.94. The van der Waals surface area contributed by atoms with E-state index in [2.05, 4.69) is 36.5 Å². The van der Waals surface area contributed by atoms with E-state index < -0.39 is 0 Å². The van der Waals surface area contributed by atoms with Gasteiger partial charge in [0.2, 0.25) is 0 Å². The number of carbonyl (C=O) groups is 1. The molecule has 1 N–H and O–H groups in total. The van der Waals surface area contributed by atoms with Gasteiger partial charge in [0.25, 0.3) is 0 Å². The summed E-state index contributed by atoms with van der Waals surface area (Å²) in [4.78, 5) is 9.17. The molecule has 0 unspecified atom stereocenters. The number of hydrogen-bond donors (Lipinski definition) is 1. The van der Waals surface area contributed by atoms with E-state index in [0.717, 1.165) is 6.29 Å². The van der Waals surface area contributed by atoms with Crippen LogP contribution in [0.5, 0.6) is 0 Å². The quantitative estimate of drug-likeness (QED) is 0.768. The summed E-state index contributed by atoms with van der Waals surface area (Å²) in [5.74, 6) is 0. The van der Waals surface area contributed by atoms with E-state index in [9.17, 15) is 4.79 Å². The Bertz CT molecular complexity index is 254. The van der Waals surface area contributed by atoms with Gasteiger partial charge in [-0.25, -0.2) is 0 Å². The van der Waals surface area contributed by atoms with Crippen molar-refractivity contribution < 1.29 is 4.79 Å². The Labute approximate surface area is 92.7 Å². The summed E-state index contributed by atoms with van der Waals surface area (Å²) in [5, 5.41) is 3.10. The Balaban J connectivity index is 0.000000423. The largest absolute Gasteiger partial charge is 0.388 e. The topological polar surface area (TPSA) is 29.1 Å². The minimum atomic E-state index is 0.639. The van der Waals surface area contributed by atoms with Crippen molar-refractivity contribution in [3.8, 4) is 0 Å². The maximum Gasteiger partial charge on any atom is 0.119 e. The third kappa shape index (κ3) is 6.72. The van der Waals surface area contributed by atoms with Crippen LogP contribution < -0.4 is 5.32 Å². The highest BCUT2D eigenvalue weighted by molar-refractivity contribution is 5.48. The van der Waals surface area contributed by atoms with Crippen molar-refractivity contribution in [2.45, 2.75) is 33.1 Å². The monoisotopic (exact) mass is 207 g/mol. The van der Waals surface area contributed by atoms with E-state index >= 15 is 0 Å². The van der Waals surface area contributed by atoms with Crippen LogP contribution >= 0.6 is 0 Å². The summed E-state index contributed by atoms with van der Waals surface area (Å²) < 4.78 is 0. The molecule has 0 amide bonds. The van der Waals surface area contributed by atoms with Gasteiger partial charge in [0.05, 0.1) is 0 Å². The number of carbonyl (C=O) groups excluding carboxylic acids is 1. The van der Waals surface area contributed by atoms with Crippen molar-refractivity contribution in [3.63, 3.8) is 0 Å². The zero-order chi connectivity index (χ0) is 11.5. The van der Waals surface area contributed by atoms with Crippen LogP contribution in [0.2, 0.25) is 0 Å². The first kappa shape index (κ1) is 13.7. The molecule has 0 spiro atoms. The number of rotatable bonds is 4. The van der Waals surface area contributed by atoms with Crippen LogP contribution in [-0.4, -0.2) is 13.3 Å². The lowest BCUT2D eigenvalue weighted by Crippen LogP contribution is -1.88. The van der Waals surface area contributed by atoms with Crippen LogP contribution in [-0.2, 0) is 11.2 Å². The number of nitrogens with one attached hydrogen (secondary N) is 1. The number of aldehydes is 1. The van der Waals surface area contributed by atoms with Crippen molar-refractivity contribution in [2.75, 3.05) is 12.4 Å². The Morgan fingerprint density at radius 2 is 1.73 bits per heavy atom. The van der Waals surface area contributed by atoms with Crippen molar-refractivity contribution in [1.29, 1.82) is 0 Å². The molecular formula is C13H21NO. The first-order valence-electron chi connectivity index (χ1n) is 5.48. The first-order valence-corrected chi connectivity index (χ1v) is 5.48. The van der Waals surface area contributed by atoms with E-state index in [1.54, 1.807) is 0 Å². The molecule has 1 aromatic rings. The number of aryl methyl sites for hydroxylation is 1. The minimum absolute atomic E-state index is 0.639. The lowest BCUT2D eigenvalue weighted by Gasteiger charge is -2.01. The Morgan fingerprint density at radius 3 is 2.07 bits per heavy atom. The zero-order valence-electron chi connectivity index (χ0n) is 9.92. The summed E-state index contributed by atoms with van der Waals surface area (Å²) in [6.07, 6.45) is 3.92. The fraction of sp³-hybridized carbons (Fsp3) is 0.462. The molecule has 0 aliphatic carbocycles. The van der Waals surface area contributed by atoms with Crippen molar-refractivity contribution >= 4 is 12.0 Å². The van der Waals surface area contributed by atoms with Gasteiger partial charge in [-0.1, -0.05) is 32.4 Å². The average molecular weight is 207 g/mol. The van der Waals surface area contributed by atoms with Crippen molar-refractivity contribution in [2.24, 2.45) is 0 Å². The van der Waals surface area contributed by atoms with Crippen LogP contribution in [0.15, 0.2) is 24.3 Å². The van der Waals surface area contributed by atoms with Crippen LogP contribution in [0.25, 0.3) is 0 Å². The summed E-state index contributed by atoms with van der Waals surface area (Å²) in [5.41, 5.74) is 2.61. The Kier molecular flexibility index (Phi) is 8.44. The van der Waals surface area contributed by atoms with Gasteiger partial charge in [-0.3, -0.25) is 0 Å². The predicted molar refractivity (Wildman–Crippen MR) is 66.3 cm³/mol. The van der Waals surface area contributed by atoms with Gasteiger partial charge in [-0.15, -0.1) is 0 Å². The summed E-state index contributed by atoms with van der Waals surface area (Å²) in [6, 6.07) is 8.58. The molecular weight excluding hydrogens is 186 g/mol. The molecule has 1 aromatic carbocycles. The molecule has 0 saturated carbocycles. The summed E-state index contributed by atoms with van der Waals surface area (Å²) >= 11 is 0. The molecule has 0 aliphatic heterocycles. The second-order valence-electron chi connectivity index (χ2n) is 3.27. The molecule has 1 rings (SSSR count). The SMILES string of the molecule is CCC=O.CCCc1ccc(NC)cc1. The fourth-order valence-corrected chi connectivity index (χ4v) is 1.13. The Hall–Kier alpha value is -1.31. The smallest absolute Gasteiger partial charge is 0.119 e. The Morgan fingerprint density at radius 1 is 1.20 bits per heavy atom. The van der Waals surface area contributed by atoms with E-state index in [0.29, 0.717) is 6.42 Å². The number of hydrogen-bond acceptors (Lipinski definition) is 2. The molecule has 0 bridgehead atoms. The third-order valence-electron chi connectivity index (χ3n) is 1.95. The molecule has 2 heteroatoms. The van der Waals surface area contributed by atoms with Crippen molar-refractivity contribution in [1.82, 2.24) is 0 Å². The third-order valence-corrected chi connectivity index (χ3v) is 1.95. The highest BCUT2D eigenvalue weighted by Gasteiger charge is 1.90. The van der Waals surface area contributed by atoms with Gasteiger partial charge in [-0.05, 0) is 24.1 Å². The molecule has 0 fully saturated rings. The van der Waals surface area contributed by atoms with Crippen molar-refractivity contribution in [3.05, 3.63) is 29.8 Å². The lowest BCUT2D eigenvalue weighted by atomic mass is 10.1. The van der Waals surface area contributed by atoms with Gasteiger partial charge in [0, 0.05) is 19.2 Å². The van der Waals surface area contributed by atoms with E-state index in [4.69, 9.17) is 0 Å². The molecule has 0 atom stereocenters. The second-order valence-corrected chi connectivity index (χ2v) is 3.27. The molecule has 2 nitrogen and oxygen atoms in total. The van der Waals surface area contributed by atoms with E-state index in [-0.39, 0.29) is 0 Å². The predicted octanol–water partition coefficient (Wildman–Crippen LogP) is 3.28. The van der Waals surface area contributed by atoms with Crippen LogP contribution in [0.4, 0.5) is 5.69 Å². The standard InChI is InChI=1S/C10H15N.C3H6O/c1-3-4-9-5-7-10(11-2)8-6-9;1-2-3-4/h5-8,11H,3-4H2,1-2H3;3H,2H2,1H3. The van der Waals surface area contributed by atoms with E-state index in [1.807, 2.05) is 14.0 Å². The average Bonchev–Trinajstić information content (AvgIpc) is 2.31. The van der Waals surface area contributed by atoms with Crippen LogP contribution in [0, 0.1) is 0 Å². The molecule has 15 heavy (non-hydrogen) atoms. The molecule has 0 saturated heterocycles. The van der Waals surface area contributed by atoms with Gasteiger partial charge in [-0.2, -0.15) is 0 Å². The van der Waals surface area contributed by atoms with Crippen LogP contribution in [0.1, 0.15) is 32.3 Å². The van der Waals surface area contributed by atoms with Gasteiger partial charge in [0.1, 0.15) is 6.29 Å². The molecule has 0 aliphatic rings. The highest BCUT2D eigenvalue weighted by Crippen LogP contribution is 2.09. The van der Waals surface area contributed by atoms with Gasteiger partial charge < -0.3 is 10.1 Å². The normalized spacial score (nSPS) is 8.73. The zero-order valence-corrected chi connectivity index (χ0v) is 9.92. The number of anilines is 1. The molecule has 0 aromatic heterocycles.